The van der Waals surface area contributed by atoms with Crippen molar-refractivity contribution in [3.63, 3.8) is 0 Å². The number of nitrogens with two attached hydrogens (primary N) is 1. The first-order valence-corrected chi connectivity index (χ1v) is 32.8. The summed E-state index contributed by atoms with van der Waals surface area (Å²) >= 11 is 3.56. The summed E-state index contributed by atoms with van der Waals surface area (Å²) in [6.07, 6.45) is 0. The van der Waals surface area contributed by atoms with Gasteiger partial charge in [0.2, 0.25) is 0 Å². The quantitative estimate of drug-likeness (QED) is 0.161. The first-order chi connectivity index (χ1) is 44.7. The number of rotatable bonds is 7. The molecule has 2 nitrogen and oxygen atoms in total. The van der Waals surface area contributed by atoms with Gasteiger partial charge in [-0.05, 0) is 194 Å². The molecule has 0 atom stereocenters. The van der Waals surface area contributed by atoms with Crippen molar-refractivity contribution in [1.29, 1.82) is 0 Å². The van der Waals surface area contributed by atoms with Crippen LogP contribution in [-0.4, -0.2) is 0 Å². The Morgan fingerprint density at radius 3 is 1.08 bits per heavy atom. The van der Waals surface area contributed by atoms with Gasteiger partial charge in [0.25, 0.3) is 0 Å². The van der Waals surface area contributed by atoms with Crippen molar-refractivity contribution in [2.75, 3.05) is 10.6 Å². The SMILES string of the molecule is CC1(C)c2ccccc2-c2ccc(Br)cc21.CC1(C)c2ccccc2-c2ccc(N(c3ccc4c(c3)C(C)(C)c3ccccc3-4)c3ccc(-c4ccc5ccccc5c4)cc3-c3ccccc3)cc21.Nc1ccc(-c2ccc3ccccc3c2)cc1-c1ccccc1. The lowest BCUT2D eigenvalue weighted by Crippen LogP contribution is -2.18. The zero-order valence-electron chi connectivity index (χ0n) is 52.8. The second kappa shape index (κ2) is 23.2. The number of hydrogen-bond acceptors (Lipinski definition) is 2. The minimum Gasteiger partial charge on any atom is -0.398 e. The predicted octanol–water partition coefficient (Wildman–Crippen LogP) is 24.8. The Labute approximate surface area is 550 Å². The smallest absolute Gasteiger partial charge is 0.0540 e. The molecule has 3 aliphatic carbocycles. The van der Waals surface area contributed by atoms with Gasteiger partial charge in [-0.1, -0.05) is 294 Å². The Bertz CT molecular complexity index is 5060. The van der Waals surface area contributed by atoms with E-state index in [1.54, 1.807) is 0 Å². The highest BCUT2D eigenvalue weighted by Crippen LogP contribution is 2.55. The van der Waals surface area contributed by atoms with Crippen molar-refractivity contribution in [2.24, 2.45) is 0 Å². The van der Waals surface area contributed by atoms with Gasteiger partial charge in [0.1, 0.15) is 0 Å². The molecule has 92 heavy (non-hydrogen) atoms. The van der Waals surface area contributed by atoms with E-state index < -0.39 is 0 Å². The van der Waals surface area contributed by atoms with E-state index in [-0.39, 0.29) is 16.2 Å². The topological polar surface area (TPSA) is 29.3 Å². The molecule has 14 aromatic rings. The van der Waals surface area contributed by atoms with E-state index in [4.69, 9.17) is 5.73 Å². The summed E-state index contributed by atoms with van der Waals surface area (Å²) in [6, 6.07) is 112. The summed E-state index contributed by atoms with van der Waals surface area (Å²) in [6.45, 7) is 14.1. The molecule has 0 fully saturated rings. The summed E-state index contributed by atoms with van der Waals surface area (Å²) in [7, 11) is 0. The number of nitrogens with zero attached hydrogens (tertiary/aromatic N) is 1. The molecule has 444 valence electrons. The van der Waals surface area contributed by atoms with Crippen LogP contribution in [0.15, 0.2) is 314 Å². The van der Waals surface area contributed by atoms with E-state index in [2.05, 4.69) is 347 Å². The Morgan fingerprint density at radius 2 is 0.598 bits per heavy atom. The second-order valence-corrected chi connectivity index (χ2v) is 27.3. The predicted molar refractivity (Wildman–Crippen MR) is 396 cm³/mol. The van der Waals surface area contributed by atoms with E-state index in [0.29, 0.717) is 0 Å². The zero-order chi connectivity index (χ0) is 62.9. The third-order valence-electron chi connectivity index (χ3n) is 19.8. The van der Waals surface area contributed by atoms with Crippen LogP contribution in [0.1, 0.15) is 74.9 Å². The number of hydrogen-bond donors (Lipinski definition) is 1. The van der Waals surface area contributed by atoms with Crippen LogP contribution in [0.25, 0.3) is 99.4 Å². The van der Waals surface area contributed by atoms with E-state index in [0.717, 1.165) is 38.3 Å². The van der Waals surface area contributed by atoms with Crippen LogP contribution >= 0.6 is 15.9 Å². The molecule has 0 heterocycles. The average Bonchev–Trinajstić information content (AvgIpc) is 1.56. The Hall–Kier alpha value is -10.3. The standard InChI is InChI=1S/C52H41N.C22H17N.C15H13Br/c1-51(2)46-20-12-10-18-41(46)43-27-25-39(32-48(43)51)53(40-26-28-44-42-19-11-13-21-47(42)52(3,4)49(44)33-40)50-29-24-38(31-45(50)35-15-6-5-7-16-35)37-23-22-34-14-8-9-17-36(34)30-37;23-22-13-12-20(15-21(22)17-7-2-1-3-8-17)19-11-10-16-6-4-5-9-18(16)14-19;1-15(2)13-6-4-3-5-11(13)12-8-7-10(16)9-14(12)15/h5-33H,1-4H3;1-15H,23H2;3-9H,1-2H3. The van der Waals surface area contributed by atoms with Gasteiger partial charge in [-0.15, -0.1) is 0 Å². The number of benzene rings is 14. The van der Waals surface area contributed by atoms with E-state index in [1.165, 1.54) is 122 Å². The van der Waals surface area contributed by atoms with Crippen LogP contribution in [0, 0.1) is 0 Å². The molecular weight excluding hydrogens is 1180 g/mol. The van der Waals surface area contributed by atoms with Crippen molar-refractivity contribution < 1.29 is 0 Å². The minimum atomic E-state index is -0.114. The minimum absolute atomic E-state index is 0.114. The molecule has 0 radical (unpaired) electrons. The molecule has 14 aromatic carbocycles. The summed E-state index contributed by atoms with van der Waals surface area (Å²) in [5.74, 6) is 0. The molecule has 17 rings (SSSR count). The monoisotopic (exact) mass is 1250 g/mol. The lowest BCUT2D eigenvalue weighted by atomic mass is 9.82. The largest absolute Gasteiger partial charge is 0.398 e. The molecule has 2 N–H and O–H groups in total. The molecule has 0 saturated heterocycles. The summed E-state index contributed by atoms with van der Waals surface area (Å²) < 4.78 is 1.16. The Balaban J connectivity index is 0.000000146. The summed E-state index contributed by atoms with van der Waals surface area (Å²) in [5, 5.41) is 5.02. The zero-order valence-corrected chi connectivity index (χ0v) is 54.4. The fourth-order valence-corrected chi connectivity index (χ4v) is 15.2. The third kappa shape index (κ3) is 10.2. The normalized spacial score (nSPS) is 13.7. The highest BCUT2D eigenvalue weighted by atomic mass is 79.9. The lowest BCUT2D eigenvalue weighted by Gasteiger charge is -2.31. The highest BCUT2D eigenvalue weighted by molar-refractivity contribution is 9.10. The van der Waals surface area contributed by atoms with Crippen molar-refractivity contribution in [3.8, 4) is 77.9 Å². The first kappa shape index (κ1) is 58.1. The fraction of sp³-hybridized carbons (Fsp3) is 0.101. The maximum atomic E-state index is 6.19. The van der Waals surface area contributed by atoms with E-state index in [1.807, 2.05) is 24.3 Å². The van der Waals surface area contributed by atoms with Gasteiger partial charge in [-0.3, -0.25) is 0 Å². The van der Waals surface area contributed by atoms with Gasteiger partial charge >= 0.3 is 0 Å². The van der Waals surface area contributed by atoms with Gasteiger partial charge in [0, 0.05) is 48.9 Å². The van der Waals surface area contributed by atoms with Crippen molar-refractivity contribution in [3.05, 3.63) is 347 Å². The summed E-state index contributed by atoms with van der Waals surface area (Å²) in [5.41, 5.74) is 36.3. The van der Waals surface area contributed by atoms with E-state index >= 15 is 0 Å². The number of halogens is 1. The van der Waals surface area contributed by atoms with Gasteiger partial charge in [0.15, 0.2) is 0 Å². The molecule has 0 aromatic heterocycles. The maximum Gasteiger partial charge on any atom is 0.0540 e. The van der Waals surface area contributed by atoms with Crippen LogP contribution in [0.4, 0.5) is 22.7 Å². The van der Waals surface area contributed by atoms with Crippen LogP contribution in [0.5, 0.6) is 0 Å². The average molecular weight is 1250 g/mol. The fourth-order valence-electron chi connectivity index (χ4n) is 14.9. The molecular formula is C89H71BrN2. The van der Waals surface area contributed by atoms with Crippen LogP contribution in [-0.2, 0) is 16.2 Å². The second-order valence-electron chi connectivity index (χ2n) is 26.4. The molecule has 0 saturated carbocycles. The van der Waals surface area contributed by atoms with Crippen LogP contribution in [0.3, 0.4) is 0 Å². The molecule has 0 amide bonds. The molecule has 0 aliphatic heterocycles. The summed E-state index contributed by atoms with van der Waals surface area (Å²) in [4.78, 5) is 2.51. The van der Waals surface area contributed by atoms with Crippen LogP contribution < -0.4 is 10.6 Å². The third-order valence-corrected chi connectivity index (χ3v) is 20.3. The number of fused-ring (bicyclic) bond motifs is 11. The van der Waals surface area contributed by atoms with Gasteiger partial charge in [0.05, 0.1) is 5.69 Å². The lowest BCUT2D eigenvalue weighted by molar-refractivity contribution is 0.660. The number of anilines is 4. The van der Waals surface area contributed by atoms with Crippen molar-refractivity contribution >= 4 is 60.2 Å². The number of nitrogen functional groups attached to an aromatic ring is 1. The van der Waals surface area contributed by atoms with Gasteiger partial charge < -0.3 is 10.6 Å². The highest BCUT2D eigenvalue weighted by Gasteiger charge is 2.39. The van der Waals surface area contributed by atoms with E-state index in [9.17, 15) is 0 Å². The van der Waals surface area contributed by atoms with Crippen LogP contribution in [0.2, 0.25) is 0 Å². The van der Waals surface area contributed by atoms with Gasteiger partial charge in [-0.25, -0.2) is 0 Å². The maximum absolute atomic E-state index is 6.19. The van der Waals surface area contributed by atoms with Crippen molar-refractivity contribution in [1.82, 2.24) is 0 Å². The van der Waals surface area contributed by atoms with Crippen molar-refractivity contribution in [2.45, 2.75) is 57.8 Å². The molecule has 3 heteroatoms. The Morgan fingerprint density at radius 1 is 0.250 bits per heavy atom. The molecule has 0 unspecified atom stereocenters. The molecule has 0 bridgehead atoms. The first-order valence-electron chi connectivity index (χ1n) is 32.0. The Kier molecular flexibility index (Phi) is 14.6. The molecule has 3 aliphatic rings. The molecule has 0 spiro atoms. The van der Waals surface area contributed by atoms with Gasteiger partial charge in [-0.2, -0.15) is 0 Å².